The Morgan fingerprint density at radius 2 is 1.94 bits per heavy atom. The Hall–Kier alpha value is -1.60. The van der Waals surface area contributed by atoms with Crippen LogP contribution in [0.3, 0.4) is 0 Å². The summed E-state index contributed by atoms with van der Waals surface area (Å²) in [6, 6.07) is 0.958. The summed E-state index contributed by atoms with van der Waals surface area (Å²) in [5, 5.41) is 2.03. The molecule has 3 N–H and O–H groups in total. The van der Waals surface area contributed by atoms with E-state index in [4.69, 9.17) is 10.5 Å². The number of nitrogens with two attached hydrogens (primary N) is 1. The molecule has 4 nitrogen and oxygen atoms in total. The van der Waals surface area contributed by atoms with Crippen molar-refractivity contribution < 1.29 is 22.7 Å². The van der Waals surface area contributed by atoms with Gasteiger partial charge in [0.15, 0.2) is 11.6 Å². The number of amides is 1. The van der Waals surface area contributed by atoms with E-state index in [1.54, 1.807) is 0 Å². The average molecular weight is 260 g/mol. The van der Waals surface area contributed by atoms with Gasteiger partial charge in [0.05, 0.1) is 6.61 Å². The van der Waals surface area contributed by atoms with Crippen molar-refractivity contribution in [2.24, 2.45) is 5.73 Å². The smallest absolute Gasteiger partial charge is 0.247 e. The van der Waals surface area contributed by atoms with Gasteiger partial charge in [0, 0.05) is 18.7 Å². The van der Waals surface area contributed by atoms with E-state index in [0.29, 0.717) is 18.7 Å². The van der Waals surface area contributed by atoms with E-state index < -0.39 is 34.6 Å². The zero-order chi connectivity index (χ0) is 13.3. The minimum absolute atomic E-state index is 0.0245. The van der Waals surface area contributed by atoms with Gasteiger partial charge >= 0.3 is 0 Å². The first kappa shape index (κ1) is 12.8. The molecule has 0 saturated carbocycles. The van der Waals surface area contributed by atoms with Crippen LogP contribution in [-0.4, -0.2) is 24.7 Å². The van der Waals surface area contributed by atoms with Gasteiger partial charge in [-0.3, -0.25) is 4.79 Å². The predicted molar refractivity (Wildman–Crippen MR) is 57.3 cm³/mol. The highest BCUT2D eigenvalue weighted by atomic mass is 19.1. The lowest BCUT2D eigenvalue weighted by molar-refractivity contribution is -0.121. The van der Waals surface area contributed by atoms with Crippen LogP contribution in [0, 0.1) is 17.5 Å². The van der Waals surface area contributed by atoms with Crippen LogP contribution in [0.1, 0.15) is 6.42 Å². The van der Waals surface area contributed by atoms with Gasteiger partial charge in [0.2, 0.25) is 5.91 Å². The molecule has 1 aliphatic heterocycles. The number of hydrogen-bond donors (Lipinski definition) is 2. The van der Waals surface area contributed by atoms with E-state index >= 15 is 0 Å². The van der Waals surface area contributed by atoms with E-state index in [2.05, 4.69) is 0 Å². The fraction of sp³-hybridized carbons (Fsp3) is 0.364. The molecule has 1 fully saturated rings. The fourth-order valence-electron chi connectivity index (χ4n) is 1.66. The number of halogens is 3. The normalized spacial score (nSPS) is 23.1. The summed E-state index contributed by atoms with van der Waals surface area (Å²) >= 11 is 0. The maximum Gasteiger partial charge on any atom is 0.247 e. The molecular formula is C11H11F3N2O2. The number of hydrogen-bond acceptors (Lipinski definition) is 3. The van der Waals surface area contributed by atoms with E-state index in [1.165, 1.54) is 0 Å². The number of anilines is 1. The molecule has 1 heterocycles. The number of nitrogens with one attached hydrogen (secondary N) is 1. The van der Waals surface area contributed by atoms with Gasteiger partial charge in [-0.25, -0.2) is 13.2 Å². The van der Waals surface area contributed by atoms with Crippen LogP contribution in [0.5, 0.6) is 0 Å². The van der Waals surface area contributed by atoms with Crippen molar-refractivity contribution in [3.8, 4) is 0 Å². The maximum absolute atomic E-state index is 13.3. The maximum atomic E-state index is 13.3. The SMILES string of the molecule is NC1(C(=O)Nc2c(F)cc(F)cc2F)CCOC1. The highest BCUT2D eigenvalue weighted by Gasteiger charge is 2.38. The van der Waals surface area contributed by atoms with Crippen LogP contribution in [0.25, 0.3) is 0 Å². The lowest BCUT2D eigenvalue weighted by atomic mass is 9.99. The van der Waals surface area contributed by atoms with Gasteiger partial charge in [-0.2, -0.15) is 0 Å². The average Bonchev–Trinajstić information content (AvgIpc) is 2.71. The van der Waals surface area contributed by atoms with Crippen molar-refractivity contribution in [3.63, 3.8) is 0 Å². The summed E-state index contributed by atoms with van der Waals surface area (Å²) in [6.07, 6.45) is 0.253. The summed E-state index contributed by atoms with van der Waals surface area (Å²) < 4.78 is 44.3. The lowest BCUT2D eigenvalue weighted by Crippen LogP contribution is -2.51. The first-order chi connectivity index (χ1) is 8.42. The molecule has 1 saturated heterocycles. The standard InChI is InChI=1S/C11H11F3N2O2/c12-6-3-7(13)9(8(14)4-6)16-10(17)11(15)1-2-18-5-11/h3-4H,1-2,5,15H2,(H,16,17). The number of ether oxygens (including phenoxy) is 1. The van der Waals surface area contributed by atoms with Gasteiger partial charge in [-0.1, -0.05) is 0 Å². The van der Waals surface area contributed by atoms with Crippen molar-refractivity contribution in [1.29, 1.82) is 0 Å². The molecule has 0 spiro atoms. The highest BCUT2D eigenvalue weighted by molar-refractivity contribution is 5.98. The molecule has 1 aromatic rings. The molecular weight excluding hydrogens is 249 g/mol. The van der Waals surface area contributed by atoms with E-state index in [-0.39, 0.29) is 13.0 Å². The summed E-state index contributed by atoms with van der Waals surface area (Å²) in [4.78, 5) is 11.8. The fourth-order valence-corrected chi connectivity index (χ4v) is 1.66. The summed E-state index contributed by atoms with van der Waals surface area (Å²) in [7, 11) is 0. The summed E-state index contributed by atoms with van der Waals surface area (Å²) in [5.74, 6) is -4.20. The Balaban J connectivity index is 2.22. The lowest BCUT2D eigenvalue weighted by Gasteiger charge is -2.20. The largest absolute Gasteiger partial charge is 0.379 e. The van der Waals surface area contributed by atoms with Crippen LogP contribution >= 0.6 is 0 Å². The summed E-state index contributed by atoms with van der Waals surface area (Å²) in [6.45, 7) is 0.279. The van der Waals surface area contributed by atoms with Crippen molar-refractivity contribution in [2.75, 3.05) is 18.5 Å². The van der Waals surface area contributed by atoms with Gasteiger partial charge in [0.1, 0.15) is 17.0 Å². The molecule has 0 aromatic heterocycles. The molecule has 2 rings (SSSR count). The van der Waals surface area contributed by atoms with Crippen molar-refractivity contribution in [1.82, 2.24) is 0 Å². The number of rotatable bonds is 2. The van der Waals surface area contributed by atoms with Crippen LogP contribution in [0.15, 0.2) is 12.1 Å². The molecule has 1 amide bonds. The molecule has 18 heavy (non-hydrogen) atoms. The Labute approximate surface area is 101 Å². The molecule has 0 bridgehead atoms. The van der Waals surface area contributed by atoms with E-state index in [9.17, 15) is 18.0 Å². The second kappa shape index (κ2) is 4.58. The predicted octanol–water partition coefficient (Wildman–Crippen LogP) is 1.16. The Morgan fingerprint density at radius 1 is 1.33 bits per heavy atom. The van der Waals surface area contributed by atoms with Gasteiger partial charge < -0.3 is 15.8 Å². The number of carbonyl (C=O) groups is 1. The third-order valence-electron chi connectivity index (χ3n) is 2.75. The molecule has 1 aromatic carbocycles. The highest BCUT2D eigenvalue weighted by Crippen LogP contribution is 2.23. The first-order valence-electron chi connectivity index (χ1n) is 5.25. The topological polar surface area (TPSA) is 64.4 Å². The number of benzene rings is 1. The summed E-state index contributed by atoms with van der Waals surface area (Å²) in [5.41, 5.74) is 3.70. The second-order valence-electron chi connectivity index (χ2n) is 4.16. The van der Waals surface area contributed by atoms with Crippen LogP contribution in [0.4, 0.5) is 18.9 Å². The van der Waals surface area contributed by atoms with E-state index in [1.807, 2.05) is 5.32 Å². The van der Waals surface area contributed by atoms with Crippen molar-refractivity contribution >= 4 is 11.6 Å². The van der Waals surface area contributed by atoms with Crippen LogP contribution < -0.4 is 11.1 Å². The quantitative estimate of drug-likeness (QED) is 0.838. The molecule has 0 radical (unpaired) electrons. The molecule has 1 atom stereocenters. The van der Waals surface area contributed by atoms with Gasteiger partial charge in [-0.15, -0.1) is 0 Å². The van der Waals surface area contributed by atoms with Crippen molar-refractivity contribution in [3.05, 3.63) is 29.6 Å². The zero-order valence-electron chi connectivity index (χ0n) is 9.30. The third kappa shape index (κ3) is 2.32. The molecule has 98 valence electrons. The van der Waals surface area contributed by atoms with Gasteiger partial charge in [-0.05, 0) is 6.42 Å². The third-order valence-corrected chi connectivity index (χ3v) is 2.75. The molecule has 1 unspecified atom stereocenters. The molecule has 0 aliphatic carbocycles. The zero-order valence-corrected chi connectivity index (χ0v) is 9.30. The second-order valence-corrected chi connectivity index (χ2v) is 4.16. The van der Waals surface area contributed by atoms with Crippen LogP contribution in [-0.2, 0) is 9.53 Å². The van der Waals surface area contributed by atoms with Gasteiger partial charge in [0.25, 0.3) is 0 Å². The number of carbonyl (C=O) groups excluding carboxylic acids is 1. The van der Waals surface area contributed by atoms with Crippen LogP contribution in [0.2, 0.25) is 0 Å². The monoisotopic (exact) mass is 260 g/mol. The Bertz CT molecular complexity index is 464. The molecule has 7 heteroatoms. The Kier molecular flexibility index (Phi) is 3.27. The minimum atomic E-state index is -1.31. The Morgan fingerprint density at radius 3 is 2.44 bits per heavy atom. The van der Waals surface area contributed by atoms with E-state index in [0.717, 1.165) is 0 Å². The first-order valence-corrected chi connectivity index (χ1v) is 5.25. The molecule has 1 aliphatic rings. The minimum Gasteiger partial charge on any atom is -0.379 e. The van der Waals surface area contributed by atoms with Crippen molar-refractivity contribution in [2.45, 2.75) is 12.0 Å².